The van der Waals surface area contributed by atoms with Crippen LogP contribution in [0.5, 0.6) is 0 Å². The molecule has 9 heteroatoms. The molecular weight excluding hydrogens is 478 g/mol. The normalized spacial score (nSPS) is 14.6. The minimum atomic E-state index is -4.43. The molecule has 182 valence electrons. The number of carboxylic acid groups (broad SMARTS) is 1. The summed E-state index contributed by atoms with van der Waals surface area (Å²) >= 11 is 0. The molecule has 0 bridgehead atoms. The number of alkyl halides is 3. The van der Waals surface area contributed by atoms with Gasteiger partial charge in [0.1, 0.15) is 0 Å². The molecule has 2 aromatic heterocycles. The number of fused-ring (bicyclic) bond motifs is 1. The Hall–Kier alpha value is -2.55. The van der Waals surface area contributed by atoms with E-state index in [-0.39, 0.29) is 48.4 Å². The molecule has 0 aliphatic heterocycles. The predicted octanol–water partition coefficient (Wildman–Crippen LogP) is 2.70. The third-order valence-electron chi connectivity index (χ3n) is 6.91. The van der Waals surface area contributed by atoms with Gasteiger partial charge in [-0.25, -0.2) is 4.98 Å². The van der Waals surface area contributed by atoms with Crippen LogP contribution in [0.1, 0.15) is 55.6 Å². The number of carbonyl (C=O) groups is 1. The van der Waals surface area contributed by atoms with E-state index in [4.69, 9.17) is 0 Å². The van der Waals surface area contributed by atoms with Crippen LogP contribution >= 0.6 is 0 Å². The Balaban J connectivity index is 0.00000304. The minimum Gasteiger partial charge on any atom is -0.550 e. The number of aromatic nitrogens is 3. The summed E-state index contributed by atoms with van der Waals surface area (Å²) in [5.74, 6) is -1.17. The van der Waals surface area contributed by atoms with Gasteiger partial charge in [0, 0.05) is 42.3 Å². The van der Waals surface area contributed by atoms with Gasteiger partial charge in [0.25, 0.3) is 0 Å². The van der Waals surface area contributed by atoms with Crippen LogP contribution in [-0.2, 0) is 17.5 Å². The molecule has 0 amide bonds. The first kappa shape index (κ1) is 26.5. The molecular formula is C27H25F3N3NaO2. The minimum absolute atomic E-state index is 0. The summed E-state index contributed by atoms with van der Waals surface area (Å²) in [4.78, 5) is 15.3. The van der Waals surface area contributed by atoms with Crippen LogP contribution < -0.4 is 34.7 Å². The molecule has 0 saturated heterocycles. The molecule has 5 rings (SSSR count). The van der Waals surface area contributed by atoms with Crippen molar-refractivity contribution in [3.63, 3.8) is 0 Å². The quantitative estimate of drug-likeness (QED) is 0.380. The van der Waals surface area contributed by atoms with Gasteiger partial charge in [-0.15, -0.1) is 0 Å². The Kier molecular flexibility index (Phi) is 7.97. The van der Waals surface area contributed by atoms with E-state index >= 15 is 0 Å². The Morgan fingerprint density at radius 3 is 2.58 bits per heavy atom. The summed E-state index contributed by atoms with van der Waals surface area (Å²) in [7, 11) is 0. The second-order valence-corrected chi connectivity index (χ2v) is 9.14. The van der Waals surface area contributed by atoms with Crippen LogP contribution in [0.15, 0.2) is 61.2 Å². The zero-order chi connectivity index (χ0) is 24.6. The molecule has 5 nitrogen and oxygen atoms in total. The van der Waals surface area contributed by atoms with Gasteiger partial charge in [-0.3, -0.25) is 0 Å². The fourth-order valence-electron chi connectivity index (χ4n) is 5.17. The molecule has 1 aliphatic carbocycles. The van der Waals surface area contributed by atoms with Crippen molar-refractivity contribution in [1.29, 1.82) is 0 Å². The molecule has 0 N–H and O–H groups in total. The van der Waals surface area contributed by atoms with Gasteiger partial charge in [-0.2, -0.15) is 13.2 Å². The SMILES string of the molecule is O=C([O-])CCn1ccc2c(-n3cnc(-c4ccc(C5CCCCC5)c(C(F)(F)F)c4)c3)cccc21.[Na+]. The first-order chi connectivity index (χ1) is 16.8. The average molecular weight is 504 g/mol. The van der Waals surface area contributed by atoms with Crippen LogP contribution in [0.25, 0.3) is 27.8 Å². The maximum atomic E-state index is 14.0. The van der Waals surface area contributed by atoms with Crippen molar-refractivity contribution in [3.05, 3.63) is 72.3 Å². The van der Waals surface area contributed by atoms with Crippen molar-refractivity contribution in [2.24, 2.45) is 0 Å². The Morgan fingerprint density at radius 1 is 1.08 bits per heavy atom. The maximum absolute atomic E-state index is 14.0. The number of hydrogen-bond donors (Lipinski definition) is 0. The third-order valence-corrected chi connectivity index (χ3v) is 6.91. The zero-order valence-corrected chi connectivity index (χ0v) is 22.1. The standard InChI is InChI=1S/C27H26F3N3O2.Na/c28-27(29,30)22-15-19(9-10-20(22)18-5-2-1-3-6-18)23-16-33(17-31-23)25-8-4-7-24-21(25)11-13-32(24)14-12-26(34)35;/h4,7-11,13,15-18H,1-3,5-6,12,14H2,(H,34,35);/q;+1/p-1. The molecule has 1 saturated carbocycles. The summed E-state index contributed by atoms with van der Waals surface area (Å²) in [5.41, 5.74) is 2.37. The number of imidazole rings is 1. The summed E-state index contributed by atoms with van der Waals surface area (Å²) in [6, 6.07) is 12.1. The van der Waals surface area contributed by atoms with Crippen molar-refractivity contribution in [1.82, 2.24) is 14.1 Å². The molecule has 0 spiro atoms. The maximum Gasteiger partial charge on any atom is 1.00 e. The van der Waals surface area contributed by atoms with E-state index < -0.39 is 17.7 Å². The summed E-state index contributed by atoms with van der Waals surface area (Å²) in [6.07, 6.45) is 5.21. The van der Waals surface area contributed by atoms with E-state index in [1.807, 2.05) is 35.0 Å². The molecule has 4 aromatic rings. The summed E-state index contributed by atoms with van der Waals surface area (Å²) in [6.45, 7) is 0.290. The van der Waals surface area contributed by atoms with Crippen molar-refractivity contribution in [3.8, 4) is 16.9 Å². The molecule has 1 fully saturated rings. The number of aryl methyl sites for hydroxylation is 1. The predicted molar refractivity (Wildman–Crippen MR) is 125 cm³/mol. The average Bonchev–Trinajstić information content (AvgIpc) is 3.50. The molecule has 0 radical (unpaired) electrons. The number of hydrogen-bond acceptors (Lipinski definition) is 3. The Bertz CT molecular complexity index is 1370. The number of carbonyl (C=O) groups excluding carboxylic acids is 1. The smallest absolute Gasteiger partial charge is 0.550 e. The summed E-state index contributed by atoms with van der Waals surface area (Å²) in [5, 5.41) is 11.7. The van der Waals surface area contributed by atoms with Crippen LogP contribution in [0.3, 0.4) is 0 Å². The number of halogens is 3. The fourth-order valence-corrected chi connectivity index (χ4v) is 5.17. The molecule has 0 unspecified atom stereocenters. The van der Waals surface area contributed by atoms with Gasteiger partial charge in [0.05, 0.1) is 28.8 Å². The van der Waals surface area contributed by atoms with Gasteiger partial charge in [-0.1, -0.05) is 37.5 Å². The van der Waals surface area contributed by atoms with Crippen LogP contribution in [-0.4, -0.2) is 20.1 Å². The van der Waals surface area contributed by atoms with Crippen molar-refractivity contribution >= 4 is 16.9 Å². The van der Waals surface area contributed by atoms with Crippen LogP contribution in [0, 0.1) is 0 Å². The largest absolute Gasteiger partial charge is 1.00 e. The molecule has 36 heavy (non-hydrogen) atoms. The van der Waals surface area contributed by atoms with E-state index in [0.717, 1.165) is 48.7 Å². The van der Waals surface area contributed by atoms with Gasteiger partial charge in [0.2, 0.25) is 0 Å². The fraction of sp³-hybridized carbons (Fsp3) is 0.333. The van der Waals surface area contributed by atoms with Gasteiger partial charge in [0.15, 0.2) is 0 Å². The zero-order valence-electron chi connectivity index (χ0n) is 20.1. The number of nitrogens with zero attached hydrogens (tertiary/aromatic N) is 3. The van der Waals surface area contributed by atoms with E-state index in [1.165, 1.54) is 6.07 Å². The Morgan fingerprint density at radius 2 is 1.86 bits per heavy atom. The van der Waals surface area contributed by atoms with E-state index in [9.17, 15) is 23.1 Å². The van der Waals surface area contributed by atoms with E-state index in [2.05, 4.69) is 4.98 Å². The Labute approximate surface area is 229 Å². The van der Waals surface area contributed by atoms with E-state index in [1.54, 1.807) is 29.2 Å². The van der Waals surface area contributed by atoms with Crippen molar-refractivity contribution < 1.29 is 52.6 Å². The monoisotopic (exact) mass is 503 g/mol. The first-order valence-corrected chi connectivity index (χ1v) is 11.8. The molecule has 2 heterocycles. The van der Waals surface area contributed by atoms with E-state index in [0.29, 0.717) is 16.8 Å². The second-order valence-electron chi connectivity index (χ2n) is 9.14. The van der Waals surface area contributed by atoms with Crippen LogP contribution in [0.2, 0.25) is 0 Å². The number of benzene rings is 2. The topological polar surface area (TPSA) is 62.9 Å². The third kappa shape index (κ3) is 5.41. The van der Waals surface area contributed by atoms with Gasteiger partial charge >= 0.3 is 35.7 Å². The molecule has 1 aliphatic rings. The first-order valence-electron chi connectivity index (χ1n) is 11.8. The number of aliphatic carboxylic acids is 1. The van der Waals surface area contributed by atoms with Crippen molar-refractivity contribution in [2.75, 3.05) is 0 Å². The molecule has 0 atom stereocenters. The van der Waals surface area contributed by atoms with Crippen LogP contribution in [0.4, 0.5) is 13.2 Å². The number of rotatable bonds is 6. The van der Waals surface area contributed by atoms with Gasteiger partial charge in [-0.05, 0) is 48.6 Å². The number of carboxylic acids is 1. The molecule has 2 aromatic carbocycles. The van der Waals surface area contributed by atoms with Crippen molar-refractivity contribution in [2.45, 2.75) is 57.2 Å². The summed E-state index contributed by atoms with van der Waals surface area (Å²) < 4.78 is 45.6. The second kappa shape index (κ2) is 10.8. The van der Waals surface area contributed by atoms with Gasteiger partial charge < -0.3 is 19.0 Å².